The van der Waals surface area contributed by atoms with Crippen LogP contribution >= 0.6 is 34.3 Å². The Morgan fingerprint density at radius 3 is 2.81 bits per heavy atom. The van der Waals surface area contributed by atoms with Gasteiger partial charge in [0.2, 0.25) is 0 Å². The van der Waals surface area contributed by atoms with E-state index in [9.17, 15) is 4.79 Å². The van der Waals surface area contributed by atoms with Crippen molar-refractivity contribution >= 4 is 46.3 Å². The van der Waals surface area contributed by atoms with E-state index in [2.05, 4.69) is 29.2 Å². The number of nitrogens with zero attached hydrogens (tertiary/aromatic N) is 1. The third-order valence-electron chi connectivity index (χ3n) is 6.15. The monoisotopic (exact) mass is 405 g/mol. The summed E-state index contributed by atoms with van der Waals surface area (Å²) >= 11 is 9.48. The van der Waals surface area contributed by atoms with Gasteiger partial charge in [-0.3, -0.25) is 9.69 Å². The van der Waals surface area contributed by atoms with E-state index in [0.29, 0.717) is 18.0 Å². The molecule has 2 aromatic heterocycles. The van der Waals surface area contributed by atoms with Gasteiger partial charge in [-0.2, -0.15) is 0 Å². The van der Waals surface area contributed by atoms with Gasteiger partial charge in [0.05, 0.1) is 17.4 Å². The predicted octanol–water partition coefficient (Wildman–Crippen LogP) is 5.17. The Morgan fingerprint density at radius 2 is 2.04 bits per heavy atom. The molecule has 0 aromatic carbocycles. The van der Waals surface area contributed by atoms with Crippen LogP contribution in [0.5, 0.6) is 0 Å². The summed E-state index contributed by atoms with van der Waals surface area (Å²) in [5, 5.41) is 0. The number of thiophene rings is 2. The first-order valence-corrected chi connectivity index (χ1v) is 11.0. The Hall–Kier alpha value is -1.14. The number of hydrogen-bond donors (Lipinski definition) is 0. The van der Waals surface area contributed by atoms with Gasteiger partial charge >= 0.3 is 5.97 Å². The molecule has 0 spiro atoms. The van der Waals surface area contributed by atoms with Crippen molar-refractivity contribution < 1.29 is 9.53 Å². The Bertz CT molecular complexity index is 886. The molecule has 4 aliphatic heterocycles. The maximum absolute atomic E-state index is 12.4. The van der Waals surface area contributed by atoms with Crippen LogP contribution in [0.2, 0.25) is 4.34 Å². The molecule has 4 fully saturated rings. The van der Waals surface area contributed by atoms with E-state index in [0.717, 1.165) is 23.7 Å². The minimum Gasteiger partial charge on any atom is -0.469 e. The van der Waals surface area contributed by atoms with Crippen LogP contribution in [0, 0.1) is 11.8 Å². The highest BCUT2D eigenvalue weighted by molar-refractivity contribution is 7.24. The van der Waals surface area contributed by atoms with Gasteiger partial charge in [-0.1, -0.05) is 17.2 Å². The maximum Gasteiger partial charge on any atom is 0.310 e. The molecule has 0 aliphatic carbocycles. The number of carbonyl (C=O) groups is 1. The average molecular weight is 406 g/mol. The molecule has 6 rings (SSSR count). The lowest BCUT2D eigenvalue weighted by Gasteiger charge is -2.50. The Kier molecular flexibility index (Phi) is 4.24. The number of piperidine rings is 3. The lowest BCUT2D eigenvalue weighted by Crippen LogP contribution is -2.58. The number of esters is 1. The van der Waals surface area contributed by atoms with Gasteiger partial charge in [-0.15, -0.1) is 22.7 Å². The molecule has 0 radical (unpaired) electrons. The summed E-state index contributed by atoms with van der Waals surface area (Å²) in [6, 6.07) is 9.42. The van der Waals surface area contributed by atoms with Crippen molar-refractivity contribution in [3.63, 3.8) is 0 Å². The zero-order chi connectivity index (χ0) is 17.8. The summed E-state index contributed by atoms with van der Waals surface area (Å²) in [4.78, 5) is 18.7. The second-order valence-corrected chi connectivity index (χ2v) is 10.2. The second kappa shape index (κ2) is 6.48. The van der Waals surface area contributed by atoms with E-state index in [1.54, 1.807) is 22.7 Å². The van der Waals surface area contributed by atoms with Crippen molar-refractivity contribution in [1.82, 2.24) is 4.90 Å². The number of rotatable bonds is 3. The van der Waals surface area contributed by atoms with Gasteiger partial charge in [0, 0.05) is 33.3 Å². The number of hydrogen-bond acceptors (Lipinski definition) is 5. The molecular formula is C20H20ClNO2S2. The number of ether oxygens (including phenoxy) is 1. The van der Waals surface area contributed by atoms with Crippen molar-refractivity contribution in [3.8, 4) is 9.75 Å². The molecule has 4 saturated heterocycles. The molecule has 3 nitrogen and oxygen atoms in total. The fraction of sp³-hybridized carbons (Fsp3) is 0.450. The van der Waals surface area contributed by atoms with Crippen molar-refractivity contribution in [2.75, 3.05) is 13.7 Å². The lowest BCUT2D eigenvalue weighted by molar-refractivity contribution is -0.153. The van der Waals surface area contributed by atoms with Gasteiger partial charge in [0.1, 0.15) is 0 Å². The average Bonchev–Trinajstić information content (AvgIpc) is 3.34. The molecule has 0 amide bonds. The van der Waals surface area contributed by atoms with Crippen molar-refractivity contribution in [2.24, 2.45) is 11.8 Å². The first-order valence-electron chi connectivity index (χ1n) is 9.03. The zero-order valence-corrected chi connectivity index (χ0v) is 16.9. The van der Waals surface area contributed by atoms with Crippen LogP contribution in [-0.2, 0) is 9.53 Å². The first-order chi connectivity index (χ1) is 12.6. The van der Waals surface area contributed by atoms with E-state index >= 15 is 0 Å². The molecule has 4 bridgehead atoms. The van der Waals surface area contributed by atoms with Crippen LogP contribution in [0.4, 0.5) is 0 Å². The van der Waals surface area contributed by atoms with Crippen molar-refractivity contribution in [2.45, 2.75) is 31.3 Å². The van der Waals surface area contributed by atoms with E-state index in [1.165, 1.54) is 33.7 Å². The molecule has 4 aliphatic rings. The first kappa shape index (κ1) is 17.0. The molecular weight excluding hydrogens is 386 g/mol. The predicted molar refractivity (Wildman–Crippen MR) is 108 cm³/mol. The lowest BCUT2D eigenvalue weighted by atomic mass is 9.71. The van der Waals surface area contributed by atoms with Crippen molar-refractivity contribution in [3.05, 3.63) is 39.1 Å². The van der Waals surface area contributed by atoms with Crippen LogP contribution in [-0.4, -0.2) is 36.6 Å². The zero-order valence-electron chi connectivity index (χ0n) is 14.5. The summed E-state index contributed by atoms with van der Waals surface area (Å²) in [6.45, 7) is 1.01. The molecule has 0 N–H and O–H groups in total. The third-order valence-corrected chi connectivity index (χ3v) is 8.61. The minimum atomic E-state index is -0.0314. The fourth-order valence-electron chi connectivity index (χ4n) is 5.07. The highest BCUT2D eigenvalue weighted by Crippen LogP contribution is 2.51. The van der Waals surface area contributed by atoms with Crippen LogP contribution in [0.3, 0.4) is 0 Å². The summed E-state index contributed by atoms with van der Waals surface area (Å²) in [5.74, 6) is 0.317. The second-order valence-electron chi connectivity index (χ2n) is 7.39. The molecule has 0 saturated carbocycles. The van der Waals surface area contributed by atoms with E-state index in [1.807, 2.05) is 6.07 Å². The van der Waals surface area contributed by atoms with Crippen molar-refractivity contribution in [1.29, 1.82) is 0 Å². The van der Waals surface area contributed by atoms with E-state index in [4.69, 9.17) is 16.3 Å². The summed E-state index contributed by atoms with van der Waals surface area (Å²) < 4.78 is 5.98. The van der Waals surface area contributed by atoms with E-state index in [-0.39, 0.29) is 11.9 Å². The topological polar surface area (TPSA) is 29.5 Å². The standard InChI is InChI=1S/C20H20ClNO2S2/c1-24-20(23)19-14-9-12-2-4-15(19)22(12)10-11(14)8-13-3-5-16(25-13)17-6-7-18(21)26-17/h3,5-8,12,14-15,19H,2,4,9-10H2,1H3/b11-8+. The van der Waals surface area contributed by atoms with Gasteiger partial charge in [0.25, 0.3) is 0 Å². The SMILES string of the molecule is COC(=O)C1C2CC3CCC1N3C/C2=C\c1ccc(-c2ccc(Cl)s2)s1. The number of carbonyl (C=O) groups excluding carboxylic acids is 1. The Labute approximate surface area is 166 Å². The number of halogens is 1. The quantitative estimate of drug-likeness (QED) is 0.660. The van der Waals surface area contributed by atoms with E-state index < -0.39 is 0 Å². The minimum absolute atomic E-state index is 0.00860. The number of methoxy groups -OCH3 is 1. The summed E-state index contributed by atoms with van der Waals surface area (Å²) in [5.41, 5.74) is 1.40. The van der Waals surface area contributed by atoms with Gasteiger partial charge in [-0.25, -0.2) is 0 Å². The van der Waals surface area contributed by atoms with Gasteiger partial charge < -0.3 is 4.74 Å². The number of fused-ring (bicyclic) bond motifs is 1. The maximum atomic E-state index is 12.4. The highest BCUT2D eigenvalue weighted by Gasteiger charge is 2.55. The molecule has 6 heterocycles. The Balaban J connectivity index is 1.45. The molecule has 136 valence electrons. The van der Waals surface area contributed by atoms with Crippen LogP contribution in [0.25, 0.3) is 15.8 Å². The molecule has 5 atom stereocenters. The summed E-state index contributed by atoms with van der Waals surface area (Å²) in [7, 11) is 1.52. The third kappa shape index (κ3) is 2.68. The molecule has 26 heavy (non-hydrogen) atoms. The largest absolute Gasteiger partial charge is 0.469 e. The smallest absolute Gasteiger partial charge is 0.310 e. The van der Waals surface area contributed by atoms with Crippen LogP contribution in [0.15, 0.2) is 29.8 Å². The van der Waals surface area contributed by atoms with Crippen LogP contribution in [0.1, 0.15) is 24.1 Å². The molecule has 6 heteroatoms. The van der Waals surface area contributed by atoms with Gasteiger partial charge in [0.15, 0.2) is 0 Å². The normalized spacial score (nSPS) is 33.8. The molecule has 2 aromatic rings. The van der Waals surface area contributed by atoms with Gasteiger partial charge in [-0.05, 0) is 55.5 Å². The van der Waals surface area contributed by atoms with Crippen LogP contribution < -0.4 is 0 Å². The summed E-state index contributed by atoms with van der Waals surface area (Å²) in [6.07, 6.45) is 5.77. The fourth-order valence-corrected chi connectivity index (χ4v) is 7.19. The Morgan fingerprint density at radius 1 is 1.23 bits per heavy atom. The highest BCUT2D eigenvalue weighted by atomic mass is 35.5. The molecule has 5 unspecified atom stereocenters.